The Hall–Kier alpha value is -5.04. The number of benzene rings is 3. The molecule has 3 aromatic rings. The Labute approximate surface area is 181 Å². The third kappa shape index (κ3) is 2.42. The van der Waals surface area contributed by atoms with Crippen LogP contribution in [0, 0.1) is 47.4 Å². The monoisotopic (exact) mass is 414 g/mol. The van der Waals surface area contributed by atoms with Crippen molar-refractivity contribution in [3.8, 4) is 34.4 Å². The van der Waals surface area contributed by atoms with Gasteiger partial charge in [-0.2, -0.15) is 0 Å². The first kappa shape index (κ1) is 19.0. The third-order valence-corrected chi connectivity index (χ3v) is 5.69. The highest BCUT2D eigenvalue weighted by atomic mass is 19.1. The normalized spacial score (nSPS) is 15.2. The molecule has 0 aromatic heterocycles. The van der Waals surface area contributed by atoms with Crippen LogP contribution >= 0.6 is 0 Å². The molecule has 0 fully saturated rings. The average molecular weight is 414 g/mol. The Balaban J connectivity index is 1.94. The zero-order valence-electron chi connectivity index (χ0n) is 16.2. The first-order chi connectivity index (χ1) is 15.5. The maximum absolute atomic E-state index is 14.1. The lowest BCUT2D eigenvalue weighted by atomic mass is 9.95. The van der Waals surface area contributed by atoms with E-state index in [-0.39, 0.29) is 11.4 Å². The standard InChI is InChI=1S/C26H8F2N4/c1-31-23(11-29)25-19-7-13(27)3-5-15(19)17-10-22-18(9-21(17)25)16-6-4-14(28)8-20(16)26(22)24(12-30)32-2/h3-10H/b25-23+,26-24+. The van der Waals surface area contributed by atoms with E-state index in [1.165, 1.54) is 24.3 Å². The van der Waals surface area contributed by atoms with Crippen molar-refractivity contribution in [1.29, 1.82) is 10.5 Å². The van der Waals surface area contributed by atoms with Crippen molar-refractivity contribution >= 4 is 11.1 Å². The largest absolute Gasteiger partial charge is 0.270 e. The number of nitrogens with zero attached hydrogens (tertiary/aromatic N) is 4. The van der Waals surface area contributed by atoms with Crippen LogP contribution in [0.1, 0.15) is 22.3 Å². The van der Waals surface area contributed by atoms with Gasteiger partial charge in [0, 0.05) is 11.1 Å². The number of allylic oxidation sites excluding steroid dienone is 2. The Morgan fingerprint density at radius 1 is 0.594 bits per heavy atom. The van der Waals surface area contributed by atoms with Crippen molar-refractivity contribution in [3.05, 3.63) is 117 Å². The van der Waals surface area contributed by atoms with Gasteiger partial charge >= 0.3 is 0 Å². The lowest BCUT2D eigenvalue weighted by Crippen LogP contribution is -1.89. The summed E-state index contributed by atoms with van der Waals surface area (Å²) in [7, 11) is 0. The van der Waals surface area contributed by atoms with E-state index >= 15 is 0 Å². The van der Waals surface area contributed by atoms with Gasteiger partial charge in [0.05, 0.1) is 25.3 Å². The summed E-state index contributed by atoms with van der Waals surface area (Å²) in [4.78, 5) is 6.68. The summed E-state index contributed by atoms with van der Waals surface area (Å²) >= 11 is 0. The number of halogens is 2. The maximum atomic E-state index is 14.1. The van der Waals surface area contributed by atoms with Crippen LogP contribution in [-0.4, -0.2) is 0 Å². The lowest BCUT2D eigenvalue weighted by Gasteiger charge is -2.08. The molecule has 2 aliphatic carbocycles. The van der Waals surface area contributed by atoms with E-state index in [9.17, 15) is 19.3 Å². The van der Waals surface area contributed by atoms with E-state index in [0.29, 0.717) is 55.7 Å². The minimum Gasteiger partial charge on any atom is -0.226 e. The molecule has 2 aliphatic rings. The van der Waals surface area contributed by atoms with E-state index < -0.39 is 11.6 Å². The van der Waals surface area contributed by atoms with Gasteiger partial charge in [0.1, 0.15) is 11.6 Å². The number of fused-ring (bicyclic) bond motifs is 6. The fraction of sp³-hybridized carbons (Fsp3) is 0. The molecule has 6 heteroatoms. The van der Waals surface area contributed by atoms with Crippen molar-refractivity contribution < 1.29 is 8.78 Å². The molecule has 32 heavy (non-hydrogen) atoms. The highest BCUT2D eigenvalue weighted by molar-refractivity contribution is 6.10. The number of nitriles is 2. The Bertz CT molecular complexity index is 1480. The molecule has 0 heterocycles. The minimum absolute atomic E-state index is 0.164. The lowest BCUT2D eigenvalue weighted by molar-refractivity contribution is 0.627. The van der Waals surface area contributed by atoms with Gasteiger partial charge in [-0.25, -0.2) is 29.0 Å². The van der Waals surface area contributed by atoms with Crippen LogP contribution in [0.4, 0.5) is 8.78 Å². The Morgan fingerprint density at radius 2 is 0.969 bits per heavy atom. The van der Waals surface area contributed by atoms with Gasteiger partial charge in [-0.05, 0) is 80.9 Å². The summed E-state index contributed by atoms with van der Waals surface area (Å²) in [5.74, 6) is -0.991. The second-order valence-electron chi connectivity index (χ2n) is 7.22. The number of hydrogen-bond donors (Lipinski definition) is 0. The molecule has 0 spiro atoms. The molecular formula is C26H8F2N4. The van der Waals surface area contributed by atoms with Crippen LogP contribution in [0.25, 0.3) is 43.1 Å². The summed E-state index contributed by atoms with van der Waals surface area (Å²) in [5, 5.41) is 19.1. The fourth-order valence-electron chi connectivity index (χ4n) is 4.45. The minimum atomic E-state index is -0.495. The molecule has 0 aliphatic heterocycles. The zero-order chi connectivity index (χ0) is 22.6. The van der Waals surface area contributed by atoms with Gasteiger partial charge in [0.2, 0.25) is 0 Å². The van der Waals surface area contributed by atoms with Crippen molar-refractivity contribution in [2.45, 2.75) is 0 Å². The van der Waals surface area contributed by atoms with Crippen LogP contribution in [-0.2, 0) is 0 Å². The molecule has 3 aromatic carbocycles. The van der Waals surface area contributed by atoms with Crippen LogP contribution in [0.15, 0.2) is 59.9 Å². The second kappa shape index (κ2) is 6.75. The second-order valence-corrected chi connectivity index (χ2v) is 7.22. The molecule has 146 valence electrons. The number of hydrogen-bond acceptors (Lipinski definition) is 2. The fourth-order valence-corrected chi connectivity index (χ4v) is 4.45. The molecule has 0 radical (unpaired) electrons. The predicted molar refractivity (Wildman–Crippen MR) is 114 cm³/mol. The first-order valence-electron chi connectivity index (χ1n) is 9.35. The SMILES string of the molecule is [C-]#[N+]/C(C#N)=C1\c2cc(F)ccc2-c2cc3c(cc21)-c1ccc(F)cc1/C3=C(/C#N)[N+]#[C-]. The molecule has 0 saturated carbocycles. The van der Waals surface area contributed by atoms with E-state index in [1.807, 2.05) is 12.1 Å². The quantitative estimate of drug-likeness (QED) is 0.220. The van der Waals surface area contributed by atoms with Crippen LogP contribution in [0.5, 0.6) is 0 Å². The summed E-state index contributed by atoms with van der Waals surface area (Å²) in [6, 6.07) is 15.6. The van der Waals surface area contributed by atoms with Crippen molar-refractivity contribution in [3.63, 3.8) is 0 Å². The van der Waals surface area contributed by atoms with E-state index in [4.69, 9.17) is 13.1 Å². The topological polar surface area (TPSA) is 56.3 Å². The zero-order valence-corrected chi connectivity index (χ0v) is 16.2. The first-order valence-corrected chi connectivity index (χ1v) is 9.35. The van der Waals surface area contributed by atoms with Gasteiger partial charge in [0.25, 0.3) is 11.4 Å². The van der Waals surface area contributed by atoms with Gasteiger partial charge in [-0.15, -0.1) is 0 Å². The maximum Gasteiger partial charge on any atom is 0.270 e. The average Bonchev–Trinajstić information content (AvgIpc) is 3.26. The van der Waals surface area contributed by atoms with Gasteiger partial charge in [0.15, 0.2) is 0 Å². The Kier molecular flexibility index (Phi) is 4.00. The highest BCUT2D eigenvalue weighted by Gasteiger charge is 2.33. The van der Waals surface area contributed by atoms with Gasteiger partial charge in [-0.3, -0.25) is 0 Å². The van der Waals surface area contributed by atoms with Gasteiger partial charge in [-0.1, -0.05) is 12.1 Å². The molecule has 0 amide bonds. The van der Waals surface area contributed by atoms with Crippen molar-refractivity contribution in [2.24, 2.45) is 0 Å². The molecule has 0 saturated heterocycles. The summed E-state index contributed by atoms with van der Waals surface area (Å²) in [5.41, 5.74) is 4.95. The molecular weight excluding hydrogens is 406 g/mol. The summed E-state index contributed by atoms with van der Waals surface area (Å²) < 4.78 is 28.1. The molecule has 4 nitrogen and oxygen atoms in total. The predicted octanol–water partition coefficient (Wildman–Crippen LogP) is 6.33. The van der Waals surface area contributed by atoms with E-state index in [1.54, 1.807) is 24.3 Å². The van der Waals surface area contributed by atoms with Gasteiger partial charge < -0.3 is 0 Å². The van der Waals surface area contributed by atoms with E-state index in [2.05, 4.69) is 9.69 Å². The Morgan fingerprint density at radius 3 is 1.31 bits per heavy atom. The third-order valence-electron chi connectivity index (χ3n) is 5.69. The molecule has 0 atom stereocenters. The molecule has 0 bridgehead atoms. The summed E-state index contributed by atoms with van der Waals surface area (Å²) in [6.45, 7) is 14.9. The molecule has 0 N–H and O–H groups in total. The van der Waals surface area contributed by atoms with Crippen LogP contribution in [0.3, 0.4) is 0 Å². The molecule has 0 unspecified atom stereocenters. The summed E-state index contributed by atoms with van der Waals surface area (Å²) in [6.07, 6.45) is 0. The van der Waals surface area contributed by atoms with Crippen molar-refractivity contribution in [1.82, 2.24) is 0 Å². The van der Waals surface area contributed by atoms with Crippen LogP contribution < -0.4 is 0 Å². The highest BCUT2D eigenvalue weighted by Crippen LogP contribution is 2.53. The number of rotatable bonds is 0. The van der Waals surface area contributed by atoms with Crippen molar-refractivity contribution in [2.75, 3.05) is 0 Å². The van der Waals surface area contributed by atoms with E-state index in [0.717, 1.165) is 0 Å². The van der Waals surface area contributed by atoms with Crippen LogP contribution in [0.2, 0.25) is 0 Å². The smallest absolute Gasteiger partial charge is 0.226 e. The molecule has 5 rings (SSSR count).